The molecule has 0 aromatic heterocycles. The van der Waals surface area contributed by atoms with Crippen molar-refractivity contribution in [2.24, 2.45) is 0 Å². The smallest absolute Gasteiger partial charge is 0.246 e. The number of hydrogen-bond acceptors (Lipinski definition) is 2. The molecule has 1 atom stereocenters. The van der Waals surface area contributed by atoms with Crippen LogP contribution in [0.15, 0.2) is 0 Å². The van der Waals surface area contributed by atoms with Crippen LogP contribution in [0.1, 0.15) is 27.2 Å². The second kappa shape index (κ2) is 3.36. The number of carbonyl (C=O) groups is 2. The molecule has 1 heterocycles. The number of nitrogens with one attached hydrogen (secondary N) is 1. The Hall–Kier alpha value is -1.06. The zero-order valence-electron chi connectivity index (χ0n) is 8.39. The molecule has 0 aromatic carbocycles. The van der Waals surface area contributed by atoms with E-state index >= 15 is 0 Å². The minimum atomic E-state index is -0.649. The maximum Gasteiger partial charge on any atom is 0.246 e. The topological polar surface area (TPSA) is 49.4 Å². The molecule has 13 heavy (non-hydrogen) atoms. The van der Waals surface area contributed by atoms with Gasteiger partial charge in [-0.1, -0.05) is 6.92 Å². The predicted molar refractivity (Wildman–Crippen MR) is 49.1 cm³/mol. The summed E-state index contributed by atoms with van der Waals surface area (Å²) in [6.07, 6.45) is 0.651. The highest BCUT2D eigenvalue weighted by atomic mass is 16.2. The molecule has 0 bridgehead atoms. The number of amides is 2. The quantitative estimate of drug-likeness (QED) is 0.663. The normalized spacial score (nSPS) is 29.0. The average Bonchev–Trinajstić information content (AvgIpc) is 2.13. The zero-order chi connectivity index (χ0) is 10.1. The molecular weight excluding hydrogens is 168 g/mol. The molecule has 0 radical (unpaired) electrons. The van der Waals surface area contributed by atoms with Gasteiger partial charge in [0.1, 0.15) is 5.54 Å². The van der Waals surface area contributed by atoms with Gasteiger partial charge in [-0.2, -0.15) is 0 Å². The number of likely N-dealkylation sites (N-methyl/N-ethyl adjacent to an activating group) is 1. The lowest BCUT2D eigenvalue weighted by Gasteiger charge is -2.42. The second-order valence-electron chi connectivity index (χ2n) is 3.45. The van der Waals surface area contributed by atoms with Crippen molar-refractivity contribution in [2.45, 2.75) is 32.7 Å². The molecule has 1 fully saturated rings. The second-order valence-corrected chi connectivity index (χ2v) is 3.45. The lowest BCUT2D eigenvalue weighted by atomic mass is 9.93. The molecule has 2 amide bonds. The van der Waals surface area contributed by atoms with Crippen LogP contribution in [-0.4, -0.2) is 35.3 Å². The van der Waals surface area contributed by atoms with Crippen LogP contribution in [0.4, 0.5) is 0 Å². The van der Waals surface area contributed by atoms with Crippen molar-refractivity contribution < 1.29 is 9.59 Å². The van der Waals surface area contributed by atoms with Crippen molar-refractivity contribution >= 4 is 11.8 Å². The van der Waals surface area contributed by atoms with Crippen molar-refractivity contribution in [1.82, 2.24) is 10.2 Å². The molecule has 1 aliphatic heterocycles. The predicted octanol–water partition coefficient (Wildman–Crippen LogP) is 0.133. The minimum absolute atomic E-state index is 0.00597. The van der Waals surface area contributed by atoms with E-state index in [2.05, 4.69) is 5.32 Å². The fourth-order valence-corrected chi connectivity index (χ4v) is 1.72. The molecule has 0 saturated carbocycles. The Bertz CT molecular complexity index is 240. The molecule has 1 aliphatic rings. The van der Waals surface area contributed by atoms with Gasteiger partial charge in [-0.3, -0.25) is 9.59 Å². The summed E-state index contributed by atoms with van der Waals surface area (Å²) in [5.74, 6) is -0.0390. The van der Waals surface area contributed by atoms with Crippen molar-refractivity contribution in [1.29, 1.82) is 0 Å². The van der Waals surface area contributed by atoms with E-state index in [1.165, 1.54) is 0 Å². The highest BCUT2D eigenvalue weighted by Gasteiger charge is 2.42. The molecule has 0 spiro atoms. The Balaban J connectivity index is 2.96. The van der Waals surface area contributed by atoms with Gasteiger partial charge in [0, 0.05) is 6.54 Å². The number of hydrogen-bond donors (Lipinski definition) is 1. The maximum atomic E-state index is 11.6. The SMILES string of the molecule is CCN1C(=O)CNC(=O)C1(C)CC. The number of rotatable bonds is 2. The van der Waals surface area contributed by atoms with Gasteiger partial charge in [0.15, 0.2) is 0 Å². The molecule has 4 nitrogen and oxygen atoms in total. The van der Waals surface area contributed by atoms with Crippen LogP contribution in [0.5, 0.6) is 0 Å². The summed E-state index contributed by atoms with van der Waals surface area (Å²) in [5, 5.41) is 2.61. The highest BCUT2D eigenvalue weighted by molar-refractivity contribution is 5.97. The lowest BCUT2D eigenvalue weighted by Crippen LogP contribution is -2.65. The zero-order valence-corrected chi connectivity index (χ0v) is 8.39. The van der Waals surface area contributed by atoms with Gasteiger partial charge in [-0.15, -0.1) is 0 Å². The van der Waals surface area contributed by atoms with Gasteiger partial charge in [0.2, 0.25) is 11.8 Å². The van der Waals surface area contributed by atoms with Gasteiger partial charge >= 0.3 is 0 Å². The molecule has 1 rings (SSSR count). The Morgan fingerprint density at radius 1 is 1.46 bits per heavy atom. The summed E-state index contributed by atoms with van der Waals surface area (Å²) in [5.41, 5.74) is -0.649. The summed E-state index contributed by atoms with van der Waals surface area (Å²) in [4.78, 5) is 24.7. The third-order valence-corrected chi connectivity index (χ3v) is 2.79. The fourth-order valence-electron chi connectivity index (χ4n) is 1.72. The first kappa shape index (κ1) is 10.0. The highest BCUT2D eigenvalue weighted by Crippen LogP contribution is 2.22. The van der Waals surface area contributed by atoms with Gasteiger partial charge in [-0.25, -0.2) is 0 Å². The maximum absolute atomic E-state index is 11.6. The van der Waals surface area contributed by atoms with E-state index in [1.54, 1.807) is 4.90 Å². The van der Waals surface area contributed by atoms with E-state index in [1.807, 2.05) is 20.8 Å². The average molecular weight is 184 g/mol. The molecular formula is C9H16N2O2. The monoisotopic (exact) mass is 184 g/mol. The van der Waals surface area contributed by atoms with E-state index < -0.39 is 5.54 Å². The van der Waals surface area contributed by atoms with Gasteiger partial charge in [0.05, 0.1) is 6.54 Å². The van der Waals surface area contributed by atoms with Crippen LogP contribution in [0, 0.1) is 0 Å². The standard InChI is InChI=1S/C9H16N2O2/c1-4-9(3)8(13)10-6-7(12)11(9)5-2/h4-6H2,1-3H3,(H,10,13). The first-order valence-corrected chi connectivity index (χ1v) is 4.65. The van der Waals surface area contributed by atoms with Crippen LogP contribution in [-0.2, 0) is 9.59 Å². The van der Waals surface area contributed by atoms with Crippen LogP contribution >= 0.6 is 0 Å². The van der Waals surface area contributed by atoms with Crippen LogP contribution in [0.25, 0.3) is 0 Å². The molecule has 74 valence electrons. The minimum Gasteiger partial charge on any atom is -0.345 e. The van der Waals surface area contributed by atoms with Crippen LogP contribution in [0.3, 0.4) is 0 Å². The van der Waals surface area contributed by atoms with Crippen LogP contribution in [0.2, 0.25) is 0 Å². The summed E-state index contributed by atoms with van der Waals surface area (Å²) < 4.78 is 0. The van der Waals surface area contributed by atoms with E-state index in [4.69, 9.17) is 0 Å². The fraction of sp³-hybridized carbons (Fsp3) is 0.778. The summed E-state index contributed by atoms with van der Waals surface area (Å²) in [6, 6.07) is 0. The molecule has 1 N–H and O–H groups in total. The first-order valence-electron chi connectivity index (χ1n) is 4.65. The Morgan fingerprint density at radius 3 is 2.46 bits per heavy atom. The van der Waals surface area contributed by atoms with E-state index in [0.29, 0.717) is 13.0 Å². The Labute approximate surface area is 78.3 Å². The van der Waals surface area contributed by atoms with Crippen molar-refractivity contribution in [3.05, 3.63) is 0 Å². The third kappa shape index (κ3) is 1.41. The van der Waals surface area contributed by atoms with E-state index in [-0.39, 0.29) is 18.4 Å². The summed E-state index contributed by atoms with van der Waals surface area (Å²) >= 11 is 0. The van der Waals surface area contributed by atoms with Crippen LogP contribution < -0.4 is 5.32 Å². The Morgan fingerprint density at radius 2 is 2.08 bits per heavy atom. The molecule has 0 aliphatic carbocycles. The van der Waals surface area contributed by atoms with E-state index in [9.17, 15) is 9.59 Å². The van der Waals surface area contributed by atoms with Gasteiger partial charge < -0.3 is 10.2 Å². The molecule has 0 aromatic rings. The molecule has 1 saturated heterocycles. The summed E-state index contributed by atoms with van der Waals surface area (Å²) in [7, 11) is 0. The number of piperazine rings is 1. The van der Waals surface area contributed by atoms with E-state index in [0.717, 1.165) is 0 Å². The lowest BCUT2D eigenvalue weighted by molar-refractivity contribution is -0.152. The largest absolute Gasteiger partial charge is 0.345 e. The van der Waals surface area contributed by atoms with Crippen molar-refractivity contribution in [2.75, 3.05) is 13.1 Å². The summed E-state index contributed by atoms with van der Waals surface area (Å²) in [6.45, 7) is 6.35. The molecule has 4 heteroatoms. The van der Waals surface area contributed by atoms with Crippen molar-refractivity contribution in [3.8, 4) is 0 Å². The van der Waals surface area contributed by atoms with Gasteiger partial charge in [0.25, 0.3) is 0 Å². The molecule has 1 unspecified atom stereocenters. The number of carbonyl (C=O) groups excluding carboxylic acids is 2. The van der Waals surface area contributed by atoms with Crippen molar-refractivity contribution in [3.63, 3.8) is 0 Å². The van der Waals surface area contributed by atoms with Gasteiger partial charge in [-0.05, 0) is 20.3 Å². The number of nitrogens with zero attached hydrogens (tertiary/aromatic N) is 1. The first-order chi connectivity index (χ1) is 6.06. The Kier molecular flexibility index (Phi) is 2.59. The third-order valence-electron chi connectivity index (χ3n) is 2.79.